The van der Waals surface area contributed by atoms with Gasteiger partial charge in [0.15, 0.2) is 0 Å². The molecule has 4 aliphatic rings. The van der Waals surface area contributed by atoms with E-state index in [9.17, 15) is 19.2 Å². The van der Waals surface area contributed by atoms with E-state index < -0.39 is 84.7 Å². The number of nitrogens with zero attached hydrogens (tertiary/aromatic N) is 2. The quantitative estimate of drug-likeness (QED) is 0.270. The number of fused-ring (bicyclic) bond motifs is 1. The van der Waals surface area contributed by atoms with Crippen molar-refractivity contribution in [1.82, 2.24) is 9.80 Å². The first-order chi connectivity index (χ1) is 24.6. The third kappa shape index (κ3) is 7.37. The minimum Gasteiger partial charge on any atom is -0.459 e. The minimum atomic E-state index is -0.818. The SMILES string of the molecule is CC(C)(C)OC(=O)CN1C(=O)C2=C(c3ccc(B4OC(C)(C)C(C)(C)O4)s3)N(CC(=O)OC(C)(C)C)C(=O)C2=C1c1ccc(B2OC(C)(C)C(C)(C)O2)s1. The molecular formula is C38H50B2N2O10S2. The summed E-state index contributed by atoms with van der Waals surface area (Å²) in [4.78, 5) is 59.9. The van der Waals surface area contributed by atoms with Crippen molar-refractivity contribution in [1.29, 1.82) is 0 Å². The second kappa shape index (κ2) is 13.2. The Hall–Kier alpha value is -3.27. The van der Waals surface area contributed by atoms with Crippen molar-refractivity contribution in [3.63, 3.8) is 0 Å². The van der Waals surface area contributed by atoms with Crippen LogP contribution in [-0.4, -0.2) is 94.5 Å². The lowest BCUT2D eigenvalue weighted by atomic mass is 9.88. The van der Waals surface area contributed by atoms with E-state index in [1.807, 2.05) is 67.5 Å². The minimum absolute atomic E-state index is 0.0787. The maximum atomic E-state index is 14.8. The van der Waals surface area contributed by atoms with Crippen molar-refractivity contribution >= 4 is 81.6 Å². The highest BCUT2D eigenvalue weighted by atomic mass is 32.1. The van der Waals surface area contributed by atoms with E-state index in [4.69, 9.17) is 28.1 Å². The fraction of sp³-hybridized carbons (Fsp3) is 0.579. The second-order valence-electron chi connectivity index (χ2n) is 18.0. The van der Waals surface area contributed by atoms with Gasteiger partial charge in [-0.3, -0.25) is 29.0 Å². The summed E-state index contributed by atoms with van der Waals surface area (Å²) in [5, 5.41) is 0. The number of rotatable bonds is 8. The highest BCUT2D eigenvalue weighted by molar-refractivity contribution is 7.23. The van der Waals surface area contributed by atoms with Gasteiger partial charge in [0, 0.05) is 9.55 Å². The number of carbonyl (C=O) groups excluding carboxylic acids is 4. The molecule has 54 heavy (non-hydrogen) atoms. The average Bonchev–Trinajstić information content (AvgIpc) is 3.81. The Kier molecular flexibility index (Phi) is 9.84. The molecule has 2 aromatic heterocycles. The molecule has 2 aromatic rings. The van der Waals surface area contributed by atoms with Gasteiger partial charge in [-0.2, -0.15) is 0 Å². The van der Waals surface area contributed by atoms with E-state index in [1.54, 1.807) is 53.7 Å². The smallest absolute Gasteiger partial charge is 0.459 e. The lowest BCUT2D eigenvalue weighted by Crippen LogP contribution is -2.41. The van der Waals surface area contributed by atoms with Crippen LogP contribution < -0.4 is 9.55 Å². The molecule has 0 aromatic carbocycles. The van der Waals surface area contributed by atoms with Crippen LogP contribution in [0.4, 0.5) is 0 Å². The predicted molar refractivity (Wildman–Crippen MR) is 209 cm³/mol. The fourth-order valence-electron chi connectivity index (χ4n) is 6.35. The van der Waals surface area contributed by atoms with Crippen molar-refractivity contribution < 1.29 is 47.3 Å². The largest absolute Gasteiger partial charge is 0.505 e. The van der Waals surface area contributed by atoms with E-state index in [0.29, 0.717) is 9.75 Å². The summed E-state index contributed by atoms with van der Waals surface area (Å²) in [6.07, 6.45) is 0. The van der Waals surface area contributed by atoms with Crippen LogP contribution >= 0.6 is 22.7 Å². The third-order valence-electron chi connectivity index (χ3n) is 10.3. The van der Waals surface area contributed by atoms with Crippen molar-refractivity contribution in [2.45, 2.75) is 131 Å². The molecule has 0 atom stereocenters. The first-order valence-corrected chi connectivity index (χ1v) is 19.7. The molecule has 2 fully saturated rings. The van der Waals surface area contributed by atoms with Crippen LogP contribution in [0.25, 0.3) is 11.4 Å². The number of ether oxygens (including phenoxy) is 2. The van der Waals surface area contributed by atoms with Gasteiger partial charge in [-0.15, -0.1) is 22.7 Å². The molecule has 2 saturated heterocycles. The van der Waals surface area contributed by atoms with Crippen molar-refractivity contribution in [2.24, 2.45) is 0 Å². The molecule has 2 amide bonds. The van der Waals surface area contributed by atoms with Gasteiger partial charge in [-0.25, -0.2) is 0 Å². The van der Waals surface area contributed by atoms with Gasteiger partial charge >= 0.3 is 26.2 Å². The zero-order valence-corrected chi connectivity index (χ0v) is 35.3. The van der Waals surface area contributed by atoms with Crippen LogP contribution in [0.1, 0.15) is 107 Å². The Morgan fingerprint density at radius 3 is 1.17 bits per heavy atom. The number of carbonyl (C=O) groups is 4. The van der Waals surface area contributed by atoms with Crippen molar-refractivity contribution in [3.8, 4) is 0 Å². The molecule has 0 unspecified atom stereocenters. The highest BCUT2D eigenvalue weighted by Crippen LogP contribution is 2.48. The van der Waals surface area contributed by atoms with Crippen LogP contribution in [0.15, 0.2) is 35.4 Å². The summed E-state index contributed by atoms with van der Waals surface area (Å²) >= 11 is 2.59. The van der Waals surface area contributed by atoms with E-state index in [1.165, 1.54) is 32.5 Å². The number of hydrogen-bond acceptors (Lipinski definition) is 12. The topological polar surface area (TPSA) is 130 Å². The number of amides is 2. The van der Waals surface area contributed by atoms with E-state index >= 15 is 0 Å². The summed E-state index contributed by atoms with van der Waals surface area (Å²) in [6, 6.07) is 7.25. The third-order valence-corrected chi connectivity index (χ3v) is 12.5. The molecule has 0 spiro atoms. The maximum Gasteiger partial charge on any atom is 0.505 e. The Morgan fingerprint density at radius 1 is 0.593 bits per heavy atom. The molecular weight excluding hydrogens is 730 g/mol. The first-order valence-electron chi connectivity index (χ1n) is 18.1. The van der Waals surface area contributed by atoms with E-state index in [2.05, 4.69) is 0 Å². The highest BCUT2D eigenvalue weighted by Gasteiger charge is 2.55. The Morgan fingerprint density at radius 2 is 0.889 bits per heavy atom. The van der Waals surface area contributed by atoms with Crippen LogP contribution in [0.3, 0.4) is 0 Å². The molecule has 0 aliphatic carbocycles. The van der Waals surface area contributed by atoms with E-state index in [0.717, 1.165) is 9.55 Å². The van der Waals surface area contributed by atoms with Crippen LogP contribution in [0, 0.1) is 0 Å². The maximum absolute atomic E-state index is 14.8. The van der Waals surface area contributed by atoms with Gasteiger partial charge < -0.3 is 28.1 Å². The van der Waals surface area contributed by atoms with Gasteiger partial charge in [0.05, 0.1) is 54.7 Å². The monoisotopic (exact) mass is 780 g/mol. The molecule has 290 valence electrons. The molecule has 0 N–H and O–H groups in total. The number of hydrogen-bond donors (Lipinski definition) is 0. The molecule has 0 saturated carbocycles. The predicted octanol–water partition coefficient (Wildman–Crippen LogP) is 4.90. The standard InChI is InChI=1S/C38H50B2N2O10S2/c1-33(2,3)47-25(43)19-41-29(21-15-17-23(53-21)39-49-35(7,8)36(9,10)50-39)27-28(31(41)45)30(42(32(27)46)20-26(44)48-34(4,5)6)22-16-18-24(54-22)40-51-37(11,12)38(13,14)52-40/h15-18H,19-20H2,1-14H3. The first kappa shape index (κ1) is 40.4. The summed E-state index contributed by atoms with van der Waals surface area (Å²) in [6.45, 7) is 25.3. The molecule has 16 heteroatoms. The summed E-state index contributed by atoms with van der Waals surface area (Å²) in [7, 11) is -1.38. The van der Waals surface area contributed by atoms with Crippen molar-refractivity contribution in [3.05, 3.63) is 45.2 Å². The van der Waals surface area contributed by atoms with Gasteiger partial charge in [0.1, 0.15) is 24.3 Å². The lowest BCUT2D eigenvalue weighted by Gasteiger charge is -2.32. The zero-order valence-electron chi connectivity index (χ0n) is 33.7. The molecule has 4 aliphatic heterocycles. The zero-order chi connectivity index (χ0) is 40.1. The fourth-order valence-corrected chi connectivity index (χ4v) is 8.40. The average molecular weight is 781 g/mol. The molecule has 0 bridgehead atoms. The Balaban J connectivity index is 1.49. The van der Waals surface area contributed by atoms with Gasteiger partial charge in [-0.05, 0) is 109 Å². The molecule has 12 nitrogen and oxygen atoms in total. The lowest BCUT2D eigenvalue weighted by molar-refractivity contribution is -0.157. The normalized spacial score (nSPS) is 21.9. The summed E-state index contributed by atoms with van der Waals surface area (Å²) in [5.74, 6) is -2.43. The summed E-state index contributed by atoms with van der Waals surface area (Å²) in [5.41, 5.74) is -3.37. The van der Waals surface area contributed by atoms with Gasteiger partial charge in [0.2, 0.25) is 0 Å². The van der Waals surface area contributed by atoms with Crippen LogP contribution in [0.5, 0.6) is 0 Å². The summed E-state index contributed by atoms with van der Waals surface area (Å²) < 4.78 is 38.0. The Labute approximate surface area is 326 Å². The van der Waals surface area contributed by atoms with Crippen LogP contribution in [0.2, 0.25) is 0 Å². The molecule has 0 radical (unpaired) electrons. The number of esters is 2. The van der Waals surface area contributed by atoms with Gasteiger partial charge in [0.25, 0.3) is 11.8 Å². The van der Waals surface area contributed by atoms with Crippen molar-refractivity contribution in [2.75, 3.05) is 13.1 Å². The van der Waals surface area contributed by atoms with Crippen LogP contribution in [-0.2, 0) is 47.3 Å². The molecule has 6 rings (SSSR count). The molecule has 6 heterocycles. The van der Waals surface area contributed by atoms with E-state index in [-0.39, 0.29) is 22.5 Å². The Bertz CT molecular complexity index is 1810. The second-order valence-corrected chi connectivity index (χ2v) is 20.2. The van der Waals surface area contributed by atoms with Gasteiger partial charge in [-0.1, -0.05) is 12.1 Å². The number of thiophene rings is 2.